The molecule has 13 nitrogen and oxygen atoms in total. The first-order valence-electron chi connectivity index (χ1n) is 3.78. The van der Waals surface area contributed by atoms with Crippen molar-refractivity contribution in [2.45, 2.75) is 18.4 Å². The number of rotatable bonds is 5. The maximum Gasteiger partial charge on any atom is 0.336 e. The third-order valence-corrected chi connectivity index (χ3v) is 1.29. The Balaban J connectivity index is -0.000000163. The molecule has 13 heteroatoms. The first kappa shape index (κ1) is 25.1. The van der Waals surface area contributed by atoms with Crippen LogP contribution in [0.4, 0.5) is 0 Å². The predicted molar refractivity (Wildman–Crippen MR) is 55.4 cm³/mol. The van der Waals surface area contributed by atoms with Crippen LogP contribution in [0.25, 0.3) is 0 Å². The highest BCUT2D eigenvalue weighted by Gasteiger charge is 2.40. The van der Waals surface area contributed by atoms with Gasteiger partial charge in [0.25, 0.3) is 0 Å². The van der Waals surface area contributed by atoms with Crippen LogP contribution in [0.2, 0.25) is 0 Å². The van der Waals surface area contributed by atoms with Crippen molar-refractivity contribution < 1.29 is 34.8 Å². The second kappa shape index (κ2) is 15.2. The molecule has 0 aromatic rings. The van der Waals surface area contributed by atoms with Crippen molar-refractivity contribution in [3.05, 3.63) is 14.7 Å². The molecule has 0 radical (unpaired) electrons. The minimum Gasteiger partial charge on any atom is -0.481 e. The van der Waals surface area contributed by atoms with Crippen LogP contribution in [-0.2, 0) is 14.4 Å². The van der Waals surface area contributed by atoms with Gasteiger partial charge in [-0.05, 0) is 0 Å². The monoisotopic (exact) mass is 285 g/mol. The van der Waals surface area contributed by atoms with Gasteiger partial charge in [0.15, 0.2) is 5.60 Å². The highest BCUT2D eigenvalue weighted by Crippen LogP contribution is 2.15. The average Bonchev–Trinajstić information content (AvgIpc) is 2.34. The fourth-order valence-electron chi connectivity index (χ4n) is 0.714. The van der Waals surface area contributed by atoms with E-state index in [0.29, 0.717) is 0 Å². The van der Waals surface area contributed by atoms with Crippen molar-refractivity contribution in [1.29, 1.82) is 16.8 Å². The van der Waals surface area contributed by atoms with Crippen LogP contribution in [0, 0.1) is 31.5 Å². The quantitative estimate of drug-likeness (QED) is 0.325. The largest absolute Gasteiger partial charge is 0.481 e. The van der Waals surface area contributed by atoms with E-state index in [1.54, 1.807) is 0 Å². The van der Waals surface area contributed by atoms with Gasteiger partial charge in [0, 0.05) is 0 Å². The smallest absolute Gasteiger partial charge is 0.336 e. The van der Waals surface area contributed by atoms with Gasteiger partial charge >= 0.3 is 17.9 Å². The molecule has 0 aromatic heterocycles. The number of hydrogen-bond donors (Lipinski definition) is 7. The van der Waals surface area contributed by atoms with E-state index < -0.39 is 36.4 Å². The first-order valence-corrected chi connectivity index (χ1v) is 3.78. The Bertz CT molecular complexity index is 274. The second-order valence-corrected chi connectivity index (χ2v) is 2.48. The van der Waals surface area contributed by atoms with E-state index >= 15 is 0 Å². The van der Waals surface area contributed by atoms with E-state index in [2.05, 4.69) is 16.8 Å². The summed E-state index contributed by atoms with van der Waals surface area (Å²) < 4.78 is 0. The van der Waals surface area contributed by atoms with E-state index in [0.717, 1.165) is 0 Å². The van der Waals surface area contributed by atoms with Gasteiger partial charge in [0.1, 0.15) is 0 Å². The van der Waals surface area contributed by atoms with Crippen molar-refractivity contribution in [2.75, 3.05) is 0 Å². The molecule has 110 valence electrons. The van der Waals surface area contributed by atoms with Crippen molar-refractivity contribution in [3.8, 4) is 0 Å². The molecule has 0 aliphatic carbocycles. The van der Waals surface area contributed by atoms with Gasteiger partial charge in [0.05, 0.1) is 12.8 Å². The molecule has 0 aliphatic heterocycles. The van der Waals surface area contributed by atoms with Crippen LogP contribution in [0.15, 0.2) is 0 Å². The van der Waals surface area contributed by atoms with Crippen LogP contribution in [0.1, 0.15) is 12.8 Å². The van der Waals surface area contributed by atoms with Gasteiger partial charge in [-0.25, -0.2) is 4.79 Å². The first-order chi connectivity index (χ1) is 8.78. The summed E-state index contributed by atoms with van der Waals surface area (Å²) >= 11 is 0. The molecule has 0 atom stereocenters. The lowest BCUT2D eigenvalue weighted by molar-refractivity contribution is -0.170. The lowest BCUT2D eigenvalue weighted by Crippen LogP contribution is -2.42. The summed E-state index contributed by atoms with van der Waals surface area (Å²) in [5, 5.41) is 33.8. The molecule has 0 bridgehead atoms. The molecule has 0 amide bonds. The predicted octanol–water partition coefficient (Wildman–Crippen LogP) is -0.254. The Labute approximate surface area is 104 Å². The molecule has 0 saturated carbocycles. The minimum atomic E-state index is -2.74. The molecule has 0 rings (SSSR count). The Morgan fingerprint density at radius 2 is 0.947 bits per heavy atom. The van der Waals surface area contributed by atoms with Crippen LogP contribution < -0.4 is 0 Å². The number of aliphatic hydroxyl groups is 1. The number of hydrogen-bond acceptors (Lipinski definition) is 10. The standard InChI is InChI=1S/C6H8O7.3HNO/c7-3(8)1-6(13,5(11)12)2-4(9)10;3*1-2/h13H,1-2H2,(H,7,8)(H,9,10)(H,11,12);3*1H. The molecule has 0 unspecified atom stereocenters. The van der Waals surface area contributed by atoms with Gasteiger partial charge < -0.3 is 20.4 Å². The average molecular weight is 285 g/mol. The number of aliphatic carboxylic acids is 3. The Kier molecular flexibility index (Phi) is 20.1. The highest BCUT2D eigenvalue weighted by atomic mass is 16.4. The molecule has 7 N–H and O–H groups in total. The number of nitrogens with one attached hydrogen (secondary N) is 3. The summed E-state index contributed by atoms with van der Waals surface area (Å²) in [4.78, 5) is 53.0. The zero-order chi connectivity index (χ0) is 16.6. The van der Waals surface area contributed by atoms with E-state index in [1.165, 1.54) is 0 Å². The third kappa shape index (κ3) is 15.2. The van der Waals surface area contributed by atoms with Crippen molar-refractivity contribution in [1.82, 2.24) is 0 Å². The molecular weight excluding hydrogens is 274 g/mol. The zero-order valence-corrected chi connectivity index (χ0v) is 9.15. The summed E-state index contributed by atoms with van der Waals surface area (Å²) in [6.45, 7) is 0. The minimum absolute atomic E-state index is 1.14. The molecule has 19 heavy (non-hydrogen) atoms. The maximum atomic E-state index is 10.3. The van der Waals surface area contributed by atoms with Gasteiger partial charge in [0.2, 0.25) is 0 Å². The topological polar surface area (TPSA) is 255 Å². The van der Waals surface area contributed by atoms with Crippen LogP contribution in [0.5, 0.6) is 0 Å². The summed E-state index contributed by atoms with van der Waals surface area (Å²) in [7, 11) is 0. The molecule has 0 fully saturated rings. The fraction of sp³-hybridized carbons (Fsp3) is 0.500. The molecule has 0 aromatic carbocycles. The van der Waals surface area contributed by atoms with E-state index in [9.17, 15) is 14.4 Å². The lowest BCUT2D eigenvalue weighted by Gasteiger charge is -2.18. The summed E-state index contributed by atoms with van der Waals surface area (Å²) in [5.74, 6) is -5.02. The normalized spacial score (nSPS) is 8.05. The van der Waals surface area contributed by atoms with E-state index in [-0.39, 0.29) is 0 Å². The Morgan fingerprint density at radius 3 is 1.05 bits per heavy atom. The molecule has 0 heterocycles. The third-order valence-electron chi connectivity index (χ3n) is 1.29. The summed E-state index contributed by atoms with van der Waals surface area (Å²) in [5.41, 5.74) is 10.8. The molecular formula is C6H11N3O10. The lowest BCUT2D eigenvalue weighted by atomic mass is 9.96. The summed E-state index contributed by atoms with van der Waals surface area (Å²) in [6, 6.07) is 0. The van der Waals surface area contributed by atoms with Crippen LogP contribution in [0.3, 0.4) is 0 Å². The number of carboxylic acids is 3. The van der Waals surface area contributed by atoms with Crippen LogP contribution in [-0.4, -0.2) is 43.9 Å². The fourth-order valence-corrected chi connectivity index (χ4v) is 0.714. The van der Waals surface area contributed by atoms with Crippen LogP contribution >= 0.6 is 0 Å². The molecule has 0 saturated heterocycles. The zero-order valence-electron chi connectivity index (χ0n) is 9.15. The molecule has 0 spiro atoms. The number of carboxylic acid groups (broad SMARTS) is 3. The van der Waals surface area contributed by atoms with Gasteiger partial charge in [-0.15, -0.1) is 0 Å². The van der Waals surface area contributed by atoms with E-state index in [4.69, 9.17) is 35.1 Å². The number of carbonyl (C=O) groups is 3. The van der Waals surface area contributed by atoms with Crippen molar-refractivity contribution in [3.63, 3.8) is 0 Å². The van der Waals surface area contributed by atoms with Gasteiger partial charge in [-0.1, -0.05) is 16.8 Å². The number of nitroso groups, excluding NO2 is 3. The second-order valence-electron chi connectivity index (χ2n) is 2.48. The highest BCUT2D eigenvalue weighted by molar-refractivity contribution is 5.88. The van der Waals surface area contributed by atoms with Crippen molar-refractivity contribution in [2.24, 2.45) is 0 Å². The summed E-state index contributed by atoms with van der Waals surface area (Å²) in [6.07, 6.45) is -2.29. The Hall–Kier alpha value is -2.83. The Morgan fingerprint density at radius 1 is 0.737 bits per heavy atom. The van der Waals surface area contributed by atoms with Gasteiger partial charge in [-0.3, -0.25) is 9.59 Å². The molecule has 0 aliphatic rings. The van der Waals surface area contributed by atoms with E-state index in [1.807, 2.05) is 0 Å². The SMILES string of the molecule is N=O.N=O.N=O.O=C(O)CC(O)(CC(=O)O)C(=O)O. The van der Waals surface area contributed by atoms with Gasteiger partial charge in [-0.2, -0.15) is 14.7 Å². The van der Waals surface area contributed by atoms with Crippen molar-refractivity contribution >= 4 is 17.9 Å². The maximum absolute atomic E-state index is 10.3.